The largest absolute Gasteiger partial charge is 0.494 e. The average molecular weight is 339 g/mol. The second kappa shape index (κ2) is 6.57. The van der Waals surface area contributed by atoms with E-state index in [2.05, 4.69) is 15.3 Å². The zero-order chi connectivity index (χ0) is 18.1. The average Bonchev–Trinajstić information content (AvgIpc) is 2.82. The molecule has 0 spiro atoms. The van der Waals surface area contributed by atoms with Crippen molar-refractivity contribution < 1.29 is 14.1 Å². The van der Waals surface area contributed by atoms with Crippen LogP contribution >= 0.6 is 0 Å². The third-order valence-corrected chi connectivity index (χ3v) is 4.75. The summed E-state index contributed by atoms with van der Waals surface area (Å²) in [5.41, 5.74) is 1.53. The summed E-state index contributed by atoms with van der Waals surface area (Å²) in [5.74, 6) is -0.247. The third-order valence-electron chi connectivity index (χ3n) is 4.75. The first-order chi connectivity index (χ1) is 11.8. The number of carbonyl (C=O) groups is 1. The van der Waals surface area contributed by atoms with Crippen LogP contribution in [0, 0.1) is 0 Å². The van der Waals surface area contributed by atoms with Gasteiger partial charge in [0.15, 0.2) is 0 Å². The van der Waals surface area contributed by atoms with Gasteiger partial charge in [0.25, 0.3) is 5.91 Å². The highest BCUT2D eigenvalue weighted by Gasteiger charge is 2.51. The Bertz CT molecular complexity index is 732. The molecule has 1 saturated heterocycles. The highest BCUT2D eigenvalue weighted by atomic mass is 16.7. The Morgan fingerprint density at radius 1 is 1.08 bits per heavy atom. The molecule has 1 fully saturated rings. The number of hydrogen-bond donors (Lipinski definition) is 1. The first-order valence-corrected chi connectivity index (χ1v) is 8.27. The smallest absolute Gasteiger partial charge is 0.399 e. The van der Waals surface area contributed by atoms with Crippen LogP contribution in [-0.4, -0.2) is 34.2 Å². The van der Waals surface area contributed by atoms with E-state index in [1.165, 1.54) is 18.6 Å². The summed E-state index contributed by atoms with van der Waals surface area (Å²) in [5, 5.41) is 2.83. The predicted octanol–water partition coefficient (Wildman–Crippen LogP) is 1.71. The maximum absolute atomic E-state index is 12.0. The quantitative estimate of drug-likeness (QED) is 0.859. The van der Waals surface area contributed by atoms with Gasteiger partial charge in [-0.25, -0.2) is 4.98 Å². The Balaban J connectivity index is 1.61. The van der Waals surface area contributed by atoms with Crippen LogP contribution in [-0.2, 0) is 15.9 Å². The molecule has 0 atom stereocenters. The zero-order valence-corrected chi connectivity index (χ0v) is 14.9. The second-order valence-corrected chi connectivity index (χ2v) is 7.10. The number of aromatic nitrogens is 2. The summed E-state index contributed by atoms with van der Waals surface area (Å²) in [6.07, 6.45) is 4.47. The molecule has 0 aliphatic carbocycles. The van der Waals surface area contributed by atoms with E-state index in [1.54, 1.807) is 0 Å². The fraction of sp³-hybridized carbons (Fsp3) is 0.389. The molecule has 1 N–H and O–H groups in total. The van der Waals surface area contributed by atoms with Crippen LogP contribution in [0.2, 0.25) is 0 Å². The molecule has 0 saturated carbocycles. The van der Waals surface area contributed by atoms with Gasteiger partial charge >= 0.3 is 7.12 Å². The number of benzene rings is 1. The monoisotopic (exact) mass is 339 g/mol. The van der Waals surface area contributed by atoms with Crippen molar-refractivity contribution >= 4 is 18.5 Å². The number of hydrogen-bond acceptors (Lipinski definition) is 5. The molecule has 1 amide bonds. The molecule has 6 nitrogen and oxygen atoms in total. The highest BCUT2D eigenvalue weighted by molar-refractivity contribution is 6.62. The first-order valence-electron chi connectivity index (χ1n) is 8.27. The molecule has 1 aromatic carbocycles. The predicted molar refractivity (Wildman–Crippen MR) is 95.4 cm³/mol. The van der Waals surface area contributed by atoms with Gasteiger partial charge in [-0.1, -0.05) is 24.3 Å². The third kappa shape index (κ3) is 3.72. The minimum absolute atomic E-state index is 0.247. The standard InChI is InChI=1S/C18H22BN3O3/c1-17(2)18(3,4)25-19(24-17)14-7-5-13(6-8-14)11-22-16(23)15-12-20-9-10-21-15/h5-10,12H,11H2,1-4H3,(H,22,23). The number of nitrogens with zero attached hydrogens (tertiary/aromatic N) is 2. The minimum Gasteiger partial charge on any atom is -0.399 e. The van der Waals surface area contributed by atoms with Crippen molar-refractivity contribution in [3.05, 3.63) is 54.1 Å². The number of nitrogens with one attached hydrogen (secondary N) is 1. The maximum Gasteiger partial charge on any atom is 0.494 e. The van der Waals surface area contributed by atoms with E-state index in [-0.39, 0.29) is 24.2 Å². The van der Waals surface area contributed by atoms with Crippen molar-refractivity contribution in [2.75, 3.05) is 0 Å². The van der Waals surface area contributed by atoms with Crippen molar-refractivity contribution in [3.63, 3.8) is 0 Å². The van der Waals surface area contributed by atoms with Crippen LogP contribution in [0.1, 0.15) is 43.7 Å². The lowest BCUT2D eigenvalue weighted by Gasteiger charge is -2.32. The van der Waals surface area contributed by atoms with E-state index in [1.807, 2.05) is 52.0 Å². The Kier molecular flexibility index (Phi) is 4.62. The van der Waals surface area contributed by atoms with E-state index in [0.29, 0.717) is 12.2 Å². The van der Waals surface area contributed by atoms with Gasteiger partial charge in [0.2, 0.25) is 0 Å². The Morgan fingerprint density at radius 2 is 1.72 bits per heavy atom. The molecule has 0 unspecified atom stereocenters. The summed E-state index contributed by atoms with van der Waals surface area (Å²) in [6.45, 7) is 8.54. The van der Waals surface area contributed by atoms with Gasteiger partial charge in [-0.15, -0.1) is 0 Å². The number of amides is 1. The van der Waals surface area contributed by atoms with Gasteiger partial charge in [0.1, 0.15) is 5.69 Å². The van der Waals surface area contributed by atoms with Crippen LogP contribution in [0.4, 0.5) is 0 Å². The summed E-state index contributed by atoms with van der Waals surface area (Å²) in [6, 6.07) is 7.84. The Hall–Kier alpha value is -2.25. The number of rotatable bonds is 4. The molecule has 1 aromatic heterocycles. The van der Waals surface area contributed by atoms with E-state index in [9.17, 15) is 4.79 Å². The van der Waals surface area contributed by atoms with Crippen LogP contribution < -0.4 is 10.8 Å². The minimum atomic E-state index is -0.381. The topological polar surface area (TPSA) is 73.3 Å². The van der Waals surface area contributed by atoms with Crippen molar-refractivity contribution in [1.82, 2.24) is 15.3 Å². The lowest BCUT2D eigenvalue weighted by Crippen LogP contribution is -2.41. The summed E-state index contributed by atoms with van der Waals surface area (Å²) in [7, 11) is -0.381. The van der Waals surface area contributed by atoms with Crippen molar-refractivity contribution in [2.45, 2.75) is 45.4 Å². The van der Waals surface area contributed by atoms with E-state index in [4.69, 9.17) is 9.31 Å². The second-order valence-electron chi connectivity index (χ2n) is 7.10. The van der Waals surface area contributed by atoms with Gasteiger partial charge in [-0.2, -0.15) is 0 Å². The van der Waals surface area contributed by atoms with Crippen LogP contribution in [0.15, 0.2) is 42.9 Å². The van der Waals surface area contributed by atoms with Gasteiger partial charge in [-0.3, -0.25) is 9.78 Å². The van der Waals surface area contributed by atoms with Crippen molar-refractivity contribution in [3.8, 4) is 0 Å². The lowest BCUT2D eigenvalue weighted by atomic mass is 9.79. The zero-order valence-electron chi connectivity index (χ0n) is 14.9. The molecule has 0 radical (unpaired) electrons. The van der Waals surface area contributed by atoms with E-state index >= 15 is 0 Å². The van der Waals surface area contributed by atoms with Crippen molar-refractivity contribution in [1.29, 1.82) is 0 Å². The molecule has 1 aliphatic rings. The molecule has 2 aromatic rings. The molecule has 3 rings (SSSR count). The molecule has 130 valence electrons. The first kappa shape index (κ1) is 17.6. The molecule has 7 heteroatoms. The summed E-state index contributed by atoms with van der Waals surface area (Å²) < 4.78 is 12.1. The molecular weight excluding hydrogens is 317 g/mol. The van der Waals surface area contributed by atoms with Gasteiger partial charge < -0.3 is 14.6 Å². The molecule has 25 heavy (non-hydrogen) atoms. The fourth-order valence-corrected chi connectivity index (χ4v) is 2.46. The van der Waals surface area contributed by atoms with Crippen LogP contribution in [0.5, 0.6) is 0 Å². The molecule has 0 bridgehead atoms. The molecule has 1 aliphatic heterocycles. The van der Waals surface area contributed by atoms with Crippen LogP contribution in [0.3, 0.4) is 0 Å². The SMILES string of the molecule is CC1(C)OB(c2ccc(CNC(=O)c3cnccn3)cc2)OC1(C)C. The summed E-state index contributed by atoms with van der Waals surface area (Å²) >= 11 is 0. The van der Waals surface area contributed by atoms with Crippen LogP contribution in [0.25, 0.3) is 0 Å². The van der Waals surface area contributed by atoms with Gasteiger partial charge in [-0.05, 0) is 38.7 Å². The van der Waals surface area contributed by atoms with E-state index < -0.39 is 0 Å². The van der Waals surface area contributed by atoms with E-state index in [0.717, 1.165) is 11.0 Å². The summed E-state index contributed by atoms with van der Waals surface area (Å²) in [4.78, 5) is 19.8. The highest BCUT2D eigenvalue weighted by Crippen LogP contribution is 2.36. The Morgan fingerprint density at radius 3 is 2.28 bits per heavy atom. The molecular formula is C18H22BN3O3. The van der Waals surface area contributed by atoms with Gasteiger partial charge in [0, 0.05) is 18.9 Å². The normalized spacial score (nSPS) is 18.2. The lowest BCUT2D eigenvalue weighted by molar-refractivity contribution is 0.00578. The fourth-order valence-electron chi connectivity index (χ4n) is 2.46. The van der Waals surface area contributed by atoms with Crippen molar-refractivity contribution in [2.24, 2.45) is 0 Å². The van der Waals surface area contributed by atoms with Gasteiger partial charge in [0.05, 0.1) is 17.4 Å². The maximum atomic E-state index is 12.0. The Labute approximate surface area is 148 Å². The number of carbonyl (C=O) groups excluding carboxylic acids is 1. The molecule has 2 heterocycles.